The van der Waals surface area contributed by atoms with Gasteiger partial charge in [-0.15, -0.1) is 0 Å². The highest BCUT2D eigenvalue weighted by Gasteiger charge is 2.13. The van der Waals surface area contributed by atoms with Gasteiger partial charge in [-0.2, -0.15) is 12.8 Å². The van der Waals surface area contributed by atoms with Gasteiger partial charge in [0.15, 0.2) is 11.5 Å². The van der Waals surface area contributed by atoms with Crippen LogP contribution < -0.4 is 9.47 Å². The molecule has 0 aliphatic carbocycles. The van der Waals surface area contributed by atoms with Crippen LogP contribution in [-0.4, -0.2) is 28.3 Å². The predicted molar refractivity (Wildman–Crippen MR) is 90.0 cm³/mol. The van der Waals surface area contributed by atoms with Crippen LogP contribution in [0.2, 0.25) is 0 Å². The number of methoxy groups -OCH3 is 1. The molecule has 0 unspecified atom stereocenters. The second-order valence-corrected chi connectivity index (χ2v) is 6.38. The minimum atomic E-state index is -3.74. The van der Waals surface area contributed by atoms with Crippen molar-refractivity contribution in [2.45, 2.75) is 18.2 Å². The molecule has 0 radical (unpaired) electrons. The normalized spacial score (nSPS) is 11.6. The van der Waals surface area contributed by atoms with Crippen molar-refractivity contribution in [3.05, 3.63) is 54.1 Å². The van der Waals surface area contributed by atoms with Gasteiger partial charge in [0.1, 0.15) is 0 Å². The molecule has 0 bridgehead atoms. The van der Waals surface area contributed by atoms with E-state index in [0.717, 1.165) is 6.42 Å². The van der Waals surface area contributed by atoms with Gasteiger partial charge in [-0.1, -0.05) is 31.2 Å². The summed E-state index contributed by atoms with van der Waals surface area (Å²) in [6, 6.07) is 13.3. The van der Waals surface area contributed by atoms with Gasteiger partial charge in [-0.05, 0) is 30.7 Å². The smallest absolute Gasteiger partial charge is 0.282 e. The molecule has 0 saturated carbocycles. The zero-order valence-electron chi connectivity index (χ0n) is 13.1. The SMILES string of the molecule is CCCOc1c(/C=N\S(=O)(=O)c2ccccc2)cccc1OC. The van der Waals surface area contributed by atoms with Crippen LogP contribution in [0.25, 0.3) is 0 Å². The monoisotopic (exact) mass is 333 g/mol. The molecule has 0 atom stereocenters. The molecule has 2 aromatic rings. The van der Waals surface area contributed by atoms with Gasteiger partial charge in [0.25, 0.3) is 10.0 Å². The Morgan fingerprint density at radius 2 is 1.83 bits per heavy atom. The lowest BCUT2D eigenvalue weighted by molar-refractivity contribution is 0.294. The Balaban J connectivity index is 2.35. The van der Waals surface area contributed by atoms with Crippen LogP contribution in [0.1, 0.15) is 18.9 Å². The molecule has 0 saturated heterocycles. The van der Waals surface area contributed by atoms with Crippen LogP contribution in [-0.2, 0) is 10.0 Å². The van der Waals surface area contributed by atoms with Gasteiger partial charge >= 0.3 is 0 Å². The van der Waals surface area contributed by atoms with Crippen molar-refractivity contribution >= 4 is 16.2 Å². The van der Waals surface area contributed by atoms with E-state index in [2.05, 4.69) is 4.40 Å². The van der Waals surface area contributed by atoms with Crippen molar-refractivity contribution < 1.29 is 17.9 Å². The van der Waals surface area contributed by atoms with E-state index in [0.29, 0.717) is 23.7 Å². The van der Waals surface area contributed by atoms with Crippen LogP contribution >= 0.6 is 0 Å². The Labute approximate surface area is 136 Å². The Bertz CT molecular complexity index is 770. The number of rotatable bonds is 7. The van der Waals surface area contributed by atoms with Crippen molar-refractivity contribution in [1.82, 2.24) is 0 Å². The molecule has 5 nitrogen and oxygen atoms in total. The summed E-state index contributed by atoms with van der Waals surface area (Å²) >= 11 is 0. The van der Waals surface area contributed by atoms with Crippen molar-refractivity contribution in [2.24, 2.45) is 4.40 Å². The first kappa shape index (κ1) is 17.0. The molecule has 122 valence electrons. The van der Waals surface area contributed by atoms with E-state index >= 15 is 0 Å². The van der Waals surface area contributed by atoms with Crippen LogP contribution in [0.5, 0.6) is 11.5 Å². The minimum absolute atomic E-state index is 0.148. The van der Waals surface area contributed by atoms with E-state index < -0.39 is 10.0 Å². The molecule has 0 fully saturated rings. The van der Waals surface area contributed by atoms with Gasteiger partial charge in [0.2, 0.25) is 0 Å². The number of sulfonamides is 1. The van der Waals surface area contributed by atoms with Crippen molar-refractivity contribution in [1.29, 1.82) is 0 Å². The summed E-state index contributed by atoms with van der Waals surface area (Å²) in [5.41, 5.74) is 0.553. The molecule has 2 rings (SSSR count). The first-order chi connectivity index (χ1) is 11.1. The van der Waals surface area contributed by atoms with Crippen LogP contribution in [0, 0.1) is 0 Å². The minimum Gasteiger partial charge on any atom is -0.493 e. The molecule has 23 heavy (non-hydrogen) atoms. The Morgan fingerprint density at radius 1 is 1.09 bits per heavy atom. The first-order valence-electron chi connectivity index (χ1n) is 7.23. The molecule has 0 aromatic heterocycles. The van der Waals surface area contributed by atoms with Gasteiger partial charge < -0.3 is 9.47 Å². The summed E-state index contributed by atoms with van der Waals surface area (Å²) in [4.78, 5) is 0.148. The van der Waals surface area contributed by atoms with Gasteiger partial charge in [0, 0.05) is 5.56 Å². The number of hydrogen-bond acceptors (Lipinski definition) is 4. The zero-order chi connectivity index (χ0) is 16.7. The third kappa shape index (κ3) is 4.32. The Morgan fingerprint density at radius 3 is 2.48 bits per heavy atom. The summed E-state index contributed by atoms with van der Waals surface area (Å²) in [7, 11) is -2.20. The van der Waals surface area contributed by atoms with Crippen molar-refractivity contribution in [2.75, 3.05) is 13.7 Å². The zero-order valence-corrected chi connectivity index (χ0v) is 13.9. The summed E-state index contributed by atoms with van der Waals surface area (Å²) in [6.45, 7) is 2.50. The van der Waals surface area contributed by atoms with Crippen LogP contribution in [0.15, 0.2) is 57.8 Å². The quantitative estimate of drug-likeness (QED) is 0.729. The maximum atomic E-state index is 12.2. The predicted octanol–water partition coefficient (Wildman–Crippen LogP) is 3.29. The fraction of sp³-hybridized carbons (Fsp3) is 0.235. The molecule has 0 aliphatic rings. The number of hydrogen-bond donors (Lipinski definition) is 0. The third-order valence-electron chi connectivity index (χ3n) is 3.05. The summed E-state index contributed by atoms with van der Waals surface area (Å²) in [5, 5.41) is 0. The van der Waals surface area contributed by atoms with Crippen molar-refractivity contribution in [3.63, 3.8) is 0 Å². The van der Waals surface area contributed by atoms with Gasteiger partial charge in [-0.3, -0.25) is 0 Å². The van der Waals surface area contributed by atoms with Gasteiger partial charge in [-0.25, -0.2) is 0 Å². The average Bonchev–Trinajstić information content (AvgIpc) is 2.59. The van der Waals surface area contributed by atoms with E-state index in [1.807, 2.05) is 6.92 Å². The molecule has 0 spiro atoms. The number of nitrogens with zero attached hydrogens (tertiary/aromatic N) is 1. The number of benzene rings is 2. The lowest BCUT2D eigenvalue weighted by Gasteiger charge is -2.12. The lowest BCUT2D eigenvalue weighted by Crippen LogP contribution is -2.02. The number of ether oxygens (including phenoxy) is 2. The molecule has 0 aliphatic heterocycles. The Kier molecular flexibility index (Phi) is 5.76. The molecular weight excluding hydrogens is 314 g/mol. The van der Waals surface area contributed by atoms with Gasteiger partial charge in [0.05, 0.1) is 24.8 Å². The largest absolute Gasteiger partial charge is 0.493 e. The summed E-state index contributed by atoms with van der Waals surface area (Å²) < 4.78 is 39.1. The highest BCUT2D eigenvalue weighted by molar-refractivity contribution is 7.90. The molecule has 0 heterocycles. The lowest BCUT2D eigenvalue weighted by atomic mass is 10.2. The topological polar surface area (TPSA) is 65.0 Å². The van der Waals surface area contributed by atoms with Crippen LogP contribution in [0.4, 0.5) is 0 Å². The molecule has 6 heteroatoms. The maximum absolute atomic E-state index is 12.2. The molecule has 0 amide bonds. The molecular formula is C17H19NO4S. The second kappa shape index (κ2) is 7.78. The summed E-state index contributed by atoms with van der Waals surface area (Å²) in [6.07, 6.45) is 2.12. The van der Waals surface area contributed by atoms with E-state index in [4.69, 9.17) is 9.47 Å². The maximum Gasteiger partial charge on any atom is 0.282 e. The standard InChI is InChI=1S/C17H19NO4S/c1-3-12-22-17-14(8-7-11-16(17)21-2)13-18-23(19,20)15-9-5-4-6-10-15/h4-11,13H,3,12H2,1-2H3/b18-13-. The van der Waals surface area contributed by atoms with Crippen molar-refractivity contribution in [3.8, 4) is 11.5 Å². The van der Waals surface area contributed by atoms with E-state index in [-0.39, 0.29) is 4.90 Å². The molecule has 2 aromatic carbocycles. The van der Waals surface area contributed by atoms with Crippen LogP contribution in [0.3, 0.4) is 0 Å². The van der Waals surface area contributed by atoms with E-state index in [9.17, 15) is 8.42 Å². The number of para-hydroxylation sites is 1. The third-order valence-corrected chi connectivity index (χ3v) is 4.30. The van der Waals surface area contributed by atoms with E-state index in [1.54, 1.807) is 36.4 Å². The highest BCUT2D eigenvalue weighted by Crippen LogP contribution is 2.30. The second-order valence-electron chi connectivity index (χ2n) is 4.75. The Hall–Kier alpha value is -2.34. The first-order valence-corrected chi connectivity index (χ1v) is 8.67. The fourth-order valence-corrected chi connectivity index (χ4v) is 2.81. The highest BCUT2D eigenvalue weighted by atomic mass is 32.2. The average molecular weight is 333 g/mol. The summed E-state index contributed by atoms with van der Waals surface area (Å²) in [5.74, 6) is 1.03. The molecule has 0 N–H and O–H groups in total. The fourth-order valence-electron chi connectivity index (χ4n) is 1.93. The van der Waals surface area contributed by atoms with E-state index in [1.165, 1.54) is 25.5 Å².